The first-order valence-corrected chi connectivity index (χ1v) is 3.61. The van der Waals surface area contributed by atoms with Crippen molar-refractivity contribution in [2.24, 2.45) is 0 Å². The Morgan fingerprint density at radius 1 is 1.56 bits per heavy atom. The van der Waals surface area contributed by atoms with Crippen LogP contribution in [-0.2, 0) is 4.74 Å². The van der Waals surface area contributed by atoms with E-state index >= 15 is 0 Å². The Kier molecular flexibility index (Phi) is 3.52. The average Bonchev–Trinajstić information content (AvgIpc) is 1.63. The number of hydrogen-bond acceptors (Lipinski definition) is 1. The lowest BCUT2D eigenvalue weighted by Crippen LogP contribution is -2.25. The van der Waals surface area contributed by atoms with Crippen LogP contribution in [0.2, 0.25) is 0 Å². The van der Waals surface area contributed by atoms with Crippen molar-refractivity contribution in [2.45, 2.75) is 38.2 Å². The van der Waals surface area contributed by atoms with E-state index in [1.54, 1.807) is 7.11 Å². The highest BCUT2D eigenvalue weighted by Crippen LogP contribution is 2.17. The van der Waals surface area contributed by atoms with Crippen LogP contribution in [0.1, 0.15) is 27.2 Å². The van der Waals surface area contributed by atoms with E-state index in [-0.39, 0.29) is 11.0 Å². The molecule has 0 amide bonds. The molecular weight excluding hydrogens is 136 g/mol. The van der Waals surface area contributed by atoms with Gasteiger partial charge in [0.2, 0.25) is 0 Å². The highest BCUT2D eigenvalue weighted by molar-refractivity contribution is 6.20. The zero-order valence-corrected chi connectivity index (χ0v) is 7.33. The van der Waals surface area contributed by atoms with Gasteiger partial charge in [0.1, 0.15) is 0 Å². The topological polar surface area (TPSA) is 9.23 Å². The van der Waals surface area contributed by atoms with E-state index in [1.807, 2.05) is 20.8 Å². The fraction of sp³-hybridized carbons (Fsp3) is 1.00. The first-order chi connectivity index (χ1) is 3.98. The van der Waals surface area contributed by atoms with Crippen molar-refractivity contribution in [1.29, 1.82) is 0 Å². The van der Waals surface area contributed by atoms with Crippen LogP contribution in [-0.4, -0.2) is 18.1 Å². The lowest BCUT2D eigenvalue weighted by molar-refractivity contribution is 0.0158. The van der Waals surface area contributed by atoms with E-state index in [2.05, 4.69) is 0 Å². The summed E-state index contributed by atoms with van der Waals surface area (Å²) in [5, 5.41) is 0.194. The summed E-state index contributed by atoms with van der Waals surface area (Å²) in [6.45, 7) is 6.04. The summed E-state index contributed by atoms with van der Waals surface area (Å²) in [5.74, 6) is 0. The summed E-state index contributed by atoms with van der Waals surface area (Å²) >= 11 is 5.76. The van der Waals surface area contributed by atoms with Gasteiger partial charge in [-0.2, -0.15) is 0 Å². The van der Waals surface area contributed by atoms with Gasteiger partial charge in [0.15, 0.2) is 0 Å². The molecule has 0 aliphatic rings. The molecule has 0 aliphatic carbocycles. The molecule has 0 aromatic heterocycles. The van der Waals surface area contributed by atoms with Gasteiger partial charge >= 0.3 is 0 Å². The molecule has 0 aromatic rings. The van der Waals surface area contributed by atoms with Crippen molar-refractivity contribution >= 4 is 11.6 Å². The summed E-state index contributed by atoms with van der Waals surface area (Å²) in [6, 6.07) is 0. The standard InChI is InChI=1S/C7H15ClO/c1-6(8)5-7(2,3)9-4/h6H,5H2,1-4H3. The Bertz CT molecular complexity index is 79.0. The maximum absolute atomic E-state index is 5.76. The first-order valence-electron chi connectivity index (χ1n) is 3.17. The SMILES string of the molecule is COC(C)(C)CC(C)Cl. The largest absolute Gasteiger partial charge is 0.379 e. The van der Waals surface area contributed by atoms with Crippen molar-refractivity contribution in [3.63, 3.8) is 0 Å². The summed E-state index contributed by atoms with van der Waals surface area (Å²) in [7, 11) is 1.71. The second kappa shape index (κ2) is 3.43. The van der Waals surface area contributed by atoms with Crippen molar-refractivity contribution in [3.8, 4) is 0 Å². The van der Waals surface area contributed by atoms with Crippen LogP contribution in [0.25, 0.3) is 0 Å². The van der Waals surface area contributed by atoms with Gasteiger partial charge in [-0.25, -0.2) is 0 Å². The van der Waals surface area contributed by atoms with Gasteiger partial charge in [0.05, 0.1) is 5.60 Å². The highest BCUT2D eigenvalue weighted by Gasteiger charge is 2.18. The molecular formula is C7H15ClO. The van der Waals surface area contributed by atoms with E-state index in [1.165, 1.54) is 0 Å². The van der Waals surface area contributed by atoms with Gasteiger partial charge in [0, 0.05) is 12.5 Å². The number of halogens is 1. The monoisotopic (exact) mass is 150 g/mol. The fourth-order valence-electron chi connectivity index (χ4n) is 0.761. The Morgan fingerprint density at radius 3 is 2.11 bits per heavy atom. The smallest absolute Gasteiger partial charge is 0.0636 e. The summed E-state index contributed by atoms with van der Waals surface area (Å²) in [5.41, 5.74) is -0.0683. The molecule has 0 heterocycles. The average molecular weight is 151 g/mol. The Labute approximate surface area is 62.3 Å². The van der Waals surface area contributed by atoms with E-state index in [4.69, 9.17) is 16.3 Å². The fourth-order valence-corrected chi connectivity index (χ4v) is 1.13. The molecule has 0 aromatic carbocycles. The molecule has 0 radical (unpaired) electrons. The minimum absolute atomic E-state index is 0.0683. The molecule has 0 bridgehead atoms. The summed E-state index contributed by atoms with van der Waals surface area (Å²) < 4.78 is 5.16. The zero-order chi connectivity index (χ0) is 7.49. The first kappa shape index (κ1) is 9.25. The molecule has 0 rings (SSSR count). The molecule has 2 heteroatoms. The molecule has 1 nitrogen and oxygen atoms in total. The molecule has 9 heavy (non-hydrogen) atoms. The van der Waals surface area contributed by atoms with Gasteiger partial charge in [0.25, 0.3) is 0 Å². The van der Waals surface area contributed by atoms with Gasteiger partial charge in [-0.1, -0.05) is 0 Å². The van der Waals surface area contributed by atoms with Crippen molar-refractivity contribution in [1.82, 2.24) is 0 Å². The molecule has 56 valence electrons. The molecule has 1 atom stereocenters. The minimum Gasteiger partial charge on any atom is -0.379 e. The van der Waals surface area contributed by atoms with Crippen LogP contribution in [0, 0.1) is 0 Å². The van der Waals surface area contributed by atoms with Gasteiger partial charge in [-0.15, -0.1) is 11.6 Å². The van der Waals surface area contributed by atoms with Crippen LogP contribution in [0.3, 0.4) is 0 Å². The lowest BCUT2D eigenvalue weighted by Gasteiger charge is -2.23. The third-order valence-electron chi connectivity index (χ3n) is 1.33. The van der Waals surface area contributed by atoms with Crippen molar-refractivity contribution < 1.29 is 4.74 Å². The summed E-state index contributed by atoms with van der Waals surface area (Å²) in [6.07, 6.45) is 0.894. The van der Waals surface area contributed by atoms with Crippen molar-refractivity contribution in [2.75, 3.05) is 7.11 Å². The highest BCUT2D eigenvalue weighted by atomic mass is 35.5. The normalized spacial score (nSPS) is 15.7. The lowest BCUT2D eigenvalue weighted by atomic mass is 10.0. The van der Waals surface area contributed by atoms with Gasteiger partial charge in [-0.3, -0.25) is 0 Å². The molecule has 0 spiro atoms. The summed E-state index contributed by atoms with van der Waals surface area (Å²) in [4.78, 5) is 0. The number of hydrogen-bond donors (Lipinski definition) is 0. The minimum atomic E-state index is -0.0683. The quantitative estimate of drug-likeness (QED) is 0.562. The number of rotatable bonds is 3. The molecule has 1 unspecified atom stereocenters. The molecule has 0 saturated carbocycles. The van der Waals surface area contributed by atoms with E-state index in [9.17, 15) is 0 Å². The molecule has 0 aliphatic heterocycles. The molecule has 0 N–H and O–H groups in total. The maximum Gasteiger partial charge on any atom is 0.0636 e. The Hall–Kier alpha value is 0.250. The maximum atomic E-state index is 5.76. The predicted molar refractivity (Wildman–Crippen MR) is 41.0 cm³/mol. The van der Waals surface area contributed by atoms with E-state index < -0.39 is 0 Å². The number of alkyl halides is 1. The van der Waals surface area contributed by atoms with Crippen LogP contribution >= 0.6 is 11.6 Å². The van der Waals surface area contributed by atoms with Crippen LogP contribution in [0.15, 0.2) is 0 Å². The second-order valence-corrected chi connectivity index (χ2v) is 3.69. The third-order valence-corrected chi connectivity index (χ3v) is 1.48. The third kappa shape index (κ3) is 4.73. The molecule has 0 fully saturated rings. The van der Waals surface area contributed by atoms with Crippen LogP contribution < -0.4 is 0 Å². The zero-order valence-electron chi connectivity index (χ0n) is 6.57. The van der Waals surface area contributed by atoms with E-state index in [0.29, 0.717) is 0 Å². The van der Waals surface area contributed by atoms with Crippen LogP contribution in [0.5, 0.6) is 0 Å². The van der Waals surface area contributed by atoms with Crippen LogP contribution in [0.4, 0.5) is 0 Å². The Balaban J connectivity index is 3.58. The predicted octanol–water partition coefficient (Wildman–Crippen LogP) is 2.43. The van der Waals surface area contributed by atoms with Crippen molar-refractivity contribution in [3.05, 3.63) is 0 Å². The van der Waals surface area contributed by atoms with Gasteiger partial charge < -0.3 is 4.74 Å². The number of ether oxygens (including phenoxy) is 1. The van der Waals surface area contributed by atoms with E-state index in [0.717, 1.165) is 6.42 Å². The van der Waals surface area contributed by atoms with Gasteiger partial charge in [-0.05, 0) is 27.2 Å². The second-order valence-electron chi connectivity index (χ2n) is 2.95. The Morgan fingerprint density at radius 2 is 2.00 bits per heavy atom. The molecule has 0 saturated heterocycles. The number of methoxy groups -OCH3 is 1.